The fourth-order valence-electron chi connectivity index (χ4n) is 3.57. The van der Waals surface area contributed by atoms with E-state index in [-0.39, 0.29) is 0 Å². The molecule has 0 saturated carbocycles. The van der Waals surface area contributed by atoms with Crippen molar-refractivity contribution in [1.82, 2.24) is 0 Å². The fourth-order valence-corrected chi connectivity index (χ4v) is 3.57. The number of hydrogen-bond acceptors (Lipinski definition) is 4. The average Bonchev–Trinajstić information content (AvgIpc) is 2.75. The van der Waals surface area contributed by atoms with Crippen molar-refractivity contribution in [1.29, 1.82) is 0 Å². The summed E-state index contributed by atoms with van der Waals surface area (Å²) in [6.45, 7) is 12.8. The second-order valence-corrected chi connectivity index (χ2v) is 7.84. The first kappa shape index (κ1) is 22.3. The van der Waals surface area contributed by atoms with Crippen molar-refractivity contribution < 1.29 is 19.1 Å². The van der Waals surface area contributed by atoms with Gasteiger partial charge in [-0.15, -0.1) is 0 Å². The molecule has 0 aliphatic carbocycles. The summed E-state index contributed by atoms with van der Waals surface area (Å²) in [5, 5.41) is 2.92. The van der Waals surface area contributed by atoms with Gasteiger partial charge in [0.2, 0.25) is 0 Å². The number of carbonyl (C=O) groups excluding carboxylic acids is 2. The highest BCUT2D eigenvalue weighted by molar-refractivity contribution is 6.14. The summed E-state index contributed by atoms with van der Waals surface area (Å²) >= 11 is 0. The van der Waals surface area contributed by atoms with Crippen LogP contribution in [0.25, 0.3) is 21.5 Å². The first-order valence-electron chi connectivity index (χ1n) is 10.6. The highest BCUT2D eigenvalue weighted by Crippen LogP contribution is 2.45. The van der Waals surface area contributed by atoms with E-state index in [1.165, 1.54) is 0 Å². The van der Waals surface area contributed by atoms with Crippen molar-refractivity contribution >= 4 is 33.5 Å². The quantitative estimate of drug-likeness (QED) is 0.135. The molecule has 0 saturated heterocycles. The molecule has 3 aromatic carbocycles. The lowest BCUT2D eigenvalue weighted by Gasteiger charge is -2.18. The molecule has 0 N–H and O–H groups in total. The van der Waals surface area contributed by atoms with Crippen LogP contribution in [0.4, 0.5) is 0 Å². The maximum absolute atomic E-state index is 12.5. The Morgan fingerprint density at radius 3 is 1.90 bits per heavy atom. The Kier molecular flexibility index (Phi) is 6.91. The molecule has 0 radical (unpaired) electrons. The number of rotatable bonds is 8. The lowest BCUT2D eigenvalue weighted by Crippen LogP contribution is -2.12. The van der Waals surface area contributed by atoms with Crippen LogP contribution >= 0.6 is 0 Å². The van der Waals surface area contributed by atoms with Crippen LogP contribution in [0.3, 0.4) is 0 Å². The van der Waals surface area contributed by atoms with Crippen LogP contribution < -0.4 is 9.47 Å². The zero-order valence-corrected chi connectivity index (χ0v) is 18.4. The largest absolute Gasteiger partial charge is 0.422 e. The van der Waals surface area contributed by atoms with Crippen molar-refractivity contribution in [3.8, 4) is 11.5 Å². The summed E-state index contributed by atoms with van der Waals surface area (Å²) < 4.78 is 11.7. The minimum Gasteiger partial charge on any atom is -0.422 e. The molecule has 0 unspecified atom stereocenters. The van der Waals surface area contributed by atoms with Crippen LogP contribution in [0, 0.1) is 0 Å². The molecule has 0 heterocycles. The Hall–Kier alpha value is -3.40. The standard InChI is InChI=1S/C27H28O4/c1-6-7-8-12-19-13-11-16-22-23(19)25(31-27(29)18(4)5)21-15-10-9-14-20(21)24(22)30-26(28)17(2)3/h9-11,13-16H,2,4,6-8,12H2,1,3,5H3. The molecule has 0 amide bonds. The smallest absolute Gasteiger partial charge is 0.338 e. The number of unbranched alkanes of at least 4 members (excludes halogenated alkanes) is 2. The molecule has 160 valence electrons. The minimum atomic E-state index is -0.491. The third-order valence-corrected chi connectivity index (χ3v) is 5.17. The zero-order valence-electron chi connectivity index (χ0n) is 18.4. The van der Waals surface area contributed by atoms with Crippen LogP contribution in [-0.2, 0) is 16.0 Å². The number of carbonyl (C=O) groups is 2. The van der Waals surface area contributed by atoms with E-state index in [4.69, 9.17) is 9.47 Å². The third-order valence-electron chi connectivity index (χ3n) is 5.17. The maximum atomic E-state index is 12.5. The second-order valence-electron chi connectivity index (χ2n) is 7.84. The first-order chi connectivity index (χ1) is 14.8. The first-order valence-corrected chi connectivity index (χ1v) is 10.6. The van der Waals surface area contributed by atoms with Gasteiger partial charge in [-0.2, -0.15) is 0 Å². The molecule has 0 spiro atoms. The SMILES string of the molecule is C=C(C)C(=O)Oc1c2ccccc2c(OC(=O)C(=C)C)c2c(CCCCC)cccc12. The van der Waals surface area contributed by atoms with Crippen LogP contribution in [0.15, 0.2) is 66.8 Å². The molecule has 0 fully saturated rings. The molecule has 0 atom stereocenters. The molecule has 3 rings (SSSR count). The van der Waals surface area contributed by atoms with Crippen molar-refractivity contribution in [3.05, 3.63) is 72.3 Å². The van der Waals surface area contributed by atoms with E-state index >= 15 is 0 Å². The van der Waals surface area contributed by atoms with Crippen LogP contribution in [0.1, 0.15) is 45.6 Å². The number of aryl methyl sites for hydroxylation is 1. The molecular weight excluding hydrogens is 388 g/mol. The summed E-state index contributed by atoms with van der Waals surface area (Å²) in [5.74, 6) is -0.0529. The van der Waals surface area contributed by atoms with Crippen LogP contribution in [0.2, 0.25) is 0 Å². The fraction of sp³-hybridized carbons (Fsp3) is 0.259. The summed E-state index contributed by atoms with van der Waals surface area (Å²) in [4.78, 5) is 24.9. The zero-order chi connectivity index (χ0) is 22.5. The van der Waals surface area contributed by atoms with Crippen LogP contribution in [0.5, 0.6) is 11.5 Å². The Labute approximate surface area is 183 Å². The molecule has 0 aliphatic rings. The molecule has 0 bridgehead atoms. The molecule has 0 aliphatic heterocycles. The molecule has 3 aromatic rings. The Morgan fingerprint density at radius 2 is 1.32 bits per heavy atom. The average molecular weight is 417 g/mol. The normalized spacial score (nSPS) is 10.8. The van der Waals surface area contributed by atoms with Crippen LogP contribution in [-0.4, -0.2) is 11.9 Å². The van der Waals surface area contributed by atoms with Gasteiger partial charge in [0.05, 0.1) is 0 Å². The molecule has 31 heavy (non-hydrogen) atoms. The number of ether oxygens (including phenoxy) is 2. The summed E-state index contributed by atoms with van der Waals surface area (Å²) in [6.07, 6.45) is 4.04. The molecule has 4 heteroatoms. The summed E-state index contributed by atoms with van der Waals surface area (Å²) in [6, 6.07) is 13.3. The number of fused-ring (bicyclic) bond motifs is 2. The Bertz CT molecular complexity index is 1190. The lowest BCUT2D eigenvalue weighted by atomic mass is 9.94. The molecular formula is C27H28O4. The monoisotopic (exact) mass is 416 g/mol. The van der Waals surface area contributed by atoms with Gasteiger partial charge in [0, 0.05) is 32.7 Å². The van der Waals surface area contributed by atoms with Gasteiger partial charge >= 0.3 is 11.9 Å². The van der Waals surface area contributed by atoms with Gasteiger partial charge in [-0.25, -0.2) is 9.59 Å². The van der Waals surface area contributed by atoms with Gasteiger partial charge in [-0.3, -0.25) is 0 Å². The highest BCUT2D eigenvalue weighted by Gasteiger charge is 2.22. The van der Waals surface area contributed by atoms with E-state index in [1.807, 2.05) is 42.5 Å². The summed E-state index contributed by atoms with van der Waals surface area (Å²) in [7, 11) is 0. The van der Waals surface area contributed by atoms with E-state index < -0.39 is 11.9 Å². The topological polar surface area (TPSA) is 52.6 Å². The minimum absolute atomic E-state index is 0.314. The van der Waals surface area contributed by atoms with E-state index in [9.17, 15) is 9.59 Å². The summed E-state index contributed by atoms with van der Waals surface area (Å²) in [5.41, 5.74) is 1.68. The van der Waals surface area contributed by atoms with Gasteiger partial charge < -0.3 is 9.47 Å². The van der Waals surface area contributed by atoms with Crippen molar-refractivity contribution in [2.75, 3.05) is 0 Å². The predicted molar refractivity (Wildman–Crippen MR) is 126 cm³/mol. The van der Waals surface area contributed by atoms with Crippen molar-refractivity contribution in [2.45, 2.75) is 46.5 Å². The lowest BCUT2D eigenvalue weighted by molar-refractivity contribution is -0.130. The van der Waals surface area contributed by atoms with E-state index in [0.29, 0.717) is 33.4 Å². The molecule has 4 nitrogen and oxygen atoms in total. The Morgan fingerprint density at radius 1 is 0.774 bits per heavy atom. The Balaban J connectivity index is 2.36. The number of esters is 2. The van der Waals surface area contributed by atoms with Gasteiger partial charge in [0.25, 0.3) is 0 Å². The van der Waals surface area contributed by atoms with Gasteiger partial charge in [-0.05, 0) is 32.3 Å². The highest BCUT2D eigenvalue weighted by atomic mass is 16.5. The number of benzene rings is 3. The number of hydrogen-bond donors (Lipinski definition) is 0. The van der Waals surface area contributed by atoms with E-state index in [2.05, 4.69) is 20.1 Å². The maximum Gasteiger partial charge on any atom is 0.338 e. The third kappa shape index (κ3) is 4.69. The molecule has 0 aromatic heterocycles. The van der Waals surface area contributed by atoms with Crippen molar-refractivity contribution in [2.24, 2.45) is 0 Å². The second kappa shape index (κ2) is 9.61. The van der Waals surface area contributed by atoms with E-state index in [0.717, 1.165) is 42.0 Å². The predicted octanol–water partition coefficient (Wildman–Crippen LogP) is 6.69. The van der Waals surface area contributed by atoms with E-state index in [1.54, 1.807) is 13.8 Å². The van der Waals surface area contributed by atoms with Gasteiger partial charge in [0.15, 0.2) is 0 Å². The van der Waals surface area contributed by atoms with Crippen molar-refractivity contribution in [3.63, 3.8) is 0 Å². The van der Waals surface area contributed by atoms with Gasteiger partial charge in [-0.1, -0.05) is 75.4 Å². The van der Waals surface area contributed by atoms with Gasteiger partial charge in [0.1, 0.15) is 11.5 Å².